The summed E-state index contributed by atoms with van der Waals surface area (Å²) in [5.41, 5.74) is 8.15. The van der Waals surface area contributed by atoms with E-state index in [0.717, 1.165) is 128 Å². The van der Waals surface area contributed by atoms with E-state index < -0.39 is 10.2 Å². The fraction of sp³-hybridized carbons (Fsp3) is 0.472. The van der Waals surface area contributed by atoms with E-state index in [4.69, 9.17) is 14.5 Å². The Morgan fingerprint density at radius 1 is 0.884 bits per heavy atom. The maximum absolute atomic E-state index is 10.8. The van der Waals surface area contributed by atoms with Crippen LogP contribution in [-0.2, 0) is 4.79 Å². The average Bonchev–Trinajstić information content (AvgIpc) is 3.98. The summed E-state index contributed by atoms with van der Waals surface area (Å²) in [5.74, 6) is 4.15. The number of thiophene rings is 1. The number of piperidine rings is 1. The van der Waals surface area contributed by atoms with Crippen molar-refractivity contribution in [2.45, 2.75) is 98.1 Å². The van der Waals surface area contributed by atoms with E-state index in [1.54, 1.807) is 0 Å². The normalized spacial score (nSPS) is 21.2. The number of carbonyl (C=O) groups is 1. The predicted octanol–water partition coefficient (Wildman–Crippen LogP) is 10.9. The summed E-state index contributed by atoms with van der Waals surface area (Å²) in [7, 11) is 0.512. The summed E-state index contributed by atoms with van der Waals surface area (Å²) in [5, 5.41) is 21.1. The van der Waals surface area contributed by atoms with E-state index in [2.05, 4.69) is 147 Å². The largest absolute Gasteiger partial charge is 0.365 e. The molecule has 0 radical (unpaired) electrons. The van der Waals surface area contributed by atoms with E-state index in [-0.39, 0.29) is 6.04 Å². The van der Waals surface area contributed by atoms with Gasteiger partial charge in [0.1, 0.15) is 16.9 Å². The molecule has 2 aromatic carbocycles. The maximum Gasteiger partial charge on any atom is 0.225 e. The molecule has 10 rings (SSSR count). The highest BCUT2D eigenvalue weighted by molar-refractivity contribution is 8.48. The quantitative estimate of drug-likeness (QED) is 0.0883. The van der Waals surface area contributed by atoms with Gasteiger partial charge >= 0.3 is 0 Å². The Kier molecular flexibility index (Phi) is 15.9. The minimum absolute atomic E-state index is 0.167. The van der Waals surface area contributed by atoms with Gasteiger partial charge < -0.3 is 34.7 Å². The van der Waals surface area contributed by atoms with E-state index in [9.17, 15) is 9.70 Å². The maximum atomic E-state index is 10.8. The monoisotopic (exact) mass is 972 g/mol. The lowest BCUT2D eigenvalue weighted by molar-refractivity contribution is -0.109. The van der Waals surface area contributed by atoms with Crippen LogP contribution in [0.15, 0.2) is 87.1 Å². The molecule has 0 spiro atoms. The molecule has 0 aliphatic carbocycles. The Hall–Kier alpha value is -5.55. The van der Waals surface area contributed by atoms with E-state index in [1.165, 1.54) is 31.9 Å². The Bertz CT molecular complexity index is 2720. The molecule has 4 aliphatic rings. The van der Waals surface area contributed by atoms with Gasteiger partial charge in [0.2, 0.25) is 5.95 Å². The molecule has 1 unspecified atom stereocenters. The van der Waals surface area contributed by atoms with Gasteiger partial charge in [0.05, 0.1) is 29.8 Å². The second-order valence-electron chi connectivity index (χ2n) is 19.3. The molecule has 0 bridgehead atoms. The standard InChI is InChI=1S/C35H42N8OS.C13H18N2OS.C5H9NO/c1-22(2)24(4)31-19-32(40-44-31)42-16-14-41(15-17-42)27-20-36-35(37-21-27)43-12-10-26(11-13-43)33-25(5)29-18-30(38-39-34(29)45-33)28-9-7-6-8-23(28)3;1-9(14-3)11-5-7-12(8-6-11)13-10(2)17(13,4)15-16;7-4-5-2-1-3-6-5/h6-9,18-22,24,26H,10-17H2,1-5H3;5-9,14H,1-4H3;4-6H,1-3H2/t24-;9-;5-/m100/s1. The molecular weight excluding hydrogens is 903 g/mol. The second kappa shape index (κ2) is 22.0. The molecule has 3 saturated heterocycles. The van der Waals surface area contributed by atoms with Gasteiger partial charge in [-0.2, -0.15) is 0 Å². The first-order valence-corrected chi connectivity index (χ1v) is 27.3. The lowest BCUT2D eigenvalue weighted by Gasteiger charge is -2.36. The molecule has 16 heteroatoms. The van der Waals surface area contributed by atoms with E-state index in [0.29, 0.717) is 23.8 Å². The third-order valence-electron chi connectivity index (χ3n) is 14.7. The highest BCUT2D eigenvalue weighted by atomic mass is 32.3. The fourth-order valence-electron chi connectivity index (χ4n) is 9.42. The van der Waals surface area contributed by atoms with Crippen LogP contribution in [0.25, 0.3) is 26.4 Å². The molecule has 4 aliphatic heterocycles. The van der Waals surface area contributed by atoms with Gasteiger partial charge in [0, 0.05) is 82.9 Å². The molecule has 2 N–H and O–H groups in total. The molecule has 366 valence electrons. The van der Waals surface area contributed by atoms with Crippen molar-refractivity contribution in [3.63, 3.8) is 0 Å². The number of allylic oxidation sites excluding steroid dienone is 1. The van der Waals surface area contributed by atoms with Gasteiger partial charge in [0.25, 0.3) is 0 Å². The molecule has 14 nitrogen and oxygen atoms in total. The number of carbonyl (C=O) groups excluding carboxylic acids is 1. The number of aldehydes is 1. The van der Waals surface area contributed by atoms with Crippen molar-refractivity contribution < 1.29 is 9.32 Å². The van der Waals surface area contributed by atoms with Crippen molar-refractivity contribution in [3.8, 4) is 11.3 Å². The Balaban J connectivity index is 0.000000218. The Morgan fingerprint density at radius 3 is 2.17 bits per heavy atom. The first-order valence-electron chi connectivity index (χ1n) is 24.5. The summed E-state index contributed by atoms with van der Waals surface area (Å²) in [6.45, 7) is 21.7. The number of fused-ring (bicyclic) bond motifs is 1. The number of hydrogen-bond donors (Lipinski definition) is 2. The summed E-state index contributed by atoms with van der Waals surface area (Å²) in [4.78, 5) is 42.2. The van der Waals surface area contributed by atoms with Crippen molar-refractivity contribution >= 4 is 60.4 Å². The smallest absolute Gasteiger partial charge is 0.225 e. The topological polar surface area (TPSA) is 158 Å². The summed E-state index contributed by atoms with van der Waals surface area (Å²) in [6.07, 6.45) is 11.3. The molecule has 4 atom stereocenters. The van der Waals surface area contributed by atoms with Crippen molar-refractivity contribution in [2.24, 2.45) is 10.5 Å². The number of hydrogen-bond acceptors (Lipinski definition) is 15. The van der Waals surface area contributed by atoms with Crippen LogP contribution >= 0.6 is 21.6 Å². The molecule has 6 aromatic rings. The van der Waals surface area contributed by atoms with Crippen LogP contribution in [-0.4, -0.2) is 96.8 Å². The second-order valence-corrected chi connectivity index (χ2v) is 23.2. The zero-order chi connectivity index (χ0) is 48.8. The van der Waals surface area contributed by atoms with Crippen molar-refractivity contribution in [2.75, 3.05) is 73.8 Å². The molecule has 69 heavy (non-hydrogen) atoms. The number of rotatable bonds is 12. The minimum Gasteiger partial charge on any atom is -0.365 e. The third kappa shape index (κ3) is 11.1. The number of aryl methyl sites for hydroxylation is 2. The predicted molar refractivity (Wildman–Crippen MR) is 286 cm³/mol. The molecule has 4 aromatic heterocycles. The SMILES string of the molecule is CN[C@@H](C)c1ccc(C2=C(C)S2(C)N=O)cc1.Cc1ccccc1-c1cc2c(C)c(C3CCN(c4ncc(N5CCN(c6cc([C@H](C)C(C)C)on6)CC5)cn4)CC3)sc2nn1.O=C[C@@H]1CCCN1. The van der Waals surface area contributed by atoms with Gasteiger partial charge in [-0.25, -0.2) is 9.97 Å². The molecule has 0 saturated carbocycles. The Morgan fingerprint density at radius 2 is 1.58 bits per heavy atom. The first-order chi connectivity index (χ1) is 33.3. The lowest BCUT2D eigenvalue weighted by Crippen LogP contribution is -2.46. The van der Waals surface area contributed by atoms with Gasteiger partial charge in [-0.1, -0.05) is 84.7 Å². The Labute approximate surface area is 413 Å². The van der Waals surface area contributed by atoms with Crippen LogP contribution < -0.4 is 25.3 Å². The highest BCUT2D eigenvalue weighted by Crippen LogP contribution is 2.79. The van der Waals surface area contributed by atoms with E-state index in [1.807, 2.05) is 44.0 Å². The van der Waals surface area contributed by atoms with Crippen LogP contribution in [0.5, 0.6) is 0 Å². The van der Waals surface area contributed by atoms with Crippen LogP contribution in [0, 0.1) is 24.7 Å². The van der Waals surface area contributed by atoms with Gasteiger partial charge in [-0.3, -0.25) is 0 Å². The van der Waals surface area contributed by atoms with Crippen molar-refractivity contribution in [1.82, 2.24) is 36.0 Å². The zero-order valence-corrected chi connectivity index (χ0v) is 43.4. The van der Waals surface area contributed by atoms with Gasteiger partial charge in [0.15, 0.2) is 5.82 Å². The molecular formula is C53H69N11O3S2. The number of nitroso groups, excluding NO2 is 1. The van der Waals surface area contributed by atoms with E-state index >= 15 is 0 Å². The summed E-state index contributed by atoms with van der Waals surface area (Å²) < 4.78 is 8.95. The first kappa shape index (κ1) is 49.9. The number of piperazine rings is 1. The van der Waals surface area contributed by atoms with Crippen molar-refractivity contribution in [1.29, 1.82) is 0 Å². The molecule has 3 fully saturated rings. The van der Waals surface area contributed by atoms with Crippen LogP contribution in [0.2, 0.25) is 0 Å². The van der Waals surface area contributed by atoms with Gasteiger partial charge in [-0.05, 0) is 118 Å². The average molecular weight is 972 g/mol. The number of nitrogens with one attached hydrogen (secondary N) is 2. The molecule has 8 heterocycles. The highest BCUT2D eigenvalue weighted by Gasteiger charge is 2.44. The zero-order valence-electron chi connectivity index (χ0n) is 41.7. The number of benzene rings is 2. The summed E-state index contributed by atoms with van der Waals surface area (Å²) >= 11 is 1.81. The fourth-order valence-corrected chi connectivity index (χ4v) is 12.8. The summed E-state index contributed by atoms with van der Waals surface area (Å²) in [6, 6.07) is 21.6. The minimum atomic E-state index is -1.44. The third-order valence-corrected chi connectivity index (χ3v) is 18.8. The van der Waals surface area contributed by atoms with Crippen molar-refractivity contribution in [3.05, 3.63) is 116 Å². The van der Waals surface area contributed by atoms with Gasteiger partial charge in [-0.15, -0.1) is 26.4 Å². The lowest BCUT2D eigenvalue weighted by atomic mass is 9.92. The van der Waals surface area contributed by atoms with Crippen LogP contribution in [0.3, 0.4) is 0 Å². The number of nitrogens with zero attached hydrogens (tertiary/aromatic N) is 9. The van der Waals surface area contributed by atoms with Crippen LogP contribution in [0.1, 0.15) is 111 Å². The number of aromatic nitrogens is 5. The van der Waals surface area contributed by atoms with Crippen LogP contribution in [0.4, 0.5) is 17.5 Å². The number of anilines is 3. The molecule has 0 amide bonds.